The van der Waals surface area contributed by atoms with Crippen molar-refractivity contribution >= 4 is 64.7 Å². The number of rotatable bonds is 4. The molecular weight excluding hydrogens is 406 g/mol. The Labute approximate surface area is 166 Å². The number of esters is 1. The van der Waals surface area contributed by atoms with Gasteiger partial charge < -0.3 is 4.74 Å². The van der Waals surface area contributed by atoms with Crippen LogP contribution in [0, 0.1) is 0 Å². The molecule has 0 amide bonds. The van der Waals surface area contributed by atoms with Gasteiger partial charge in [0, 0.05) is 26.7 Å². The van der Waals surface area contributed by atoms with Gasteiger partial charge in [0.15, 0.2) is 6.29 Å². The first-order valence-corrected chi connectivity index (χ1v) is 8.58. The van der Waals surface area contributed by atoms with E-state index in [-0.39, 0.29) is 0 Å². The van der Waals surface area contributed by atoms with E-state index in [4.69, 9.17) is 51.1 Å². The van der Waals surface area contributed by atoms with Crippen molar-refractivity contribution in [1.82, 2.24) is 0 Å². The van der Waals surface area contributed by atoms with Crippen molar-refractivity contribution in [2.75, 3.05) is 6.61 Å². The van der Waals surface area contributed by atoms with E-state index >= 15 is 0 Å². The molecule has 2 aromatic carbocycles. The summed E-state index contributed by atoms with van der Waals surface area (Å²) in [7, 11) is 0. The molecule has 0 unspecified atom stereocenters. The molecule has 0 fully saturated rings. The Kier molecular flexibility index (Phi) is 9.61. The van der Waals surface area contributed by atoms with Gasteiger partial charge in [-0.25, -0.2) is 4.79 Å². The SMILES string of the molecule is CCOC(=O)C=Cc1cc(Cl)ccc1Cl.O=Cc1cc(Cl)ccc1Cl. The van der Waals surface area contributed by atoms with E-state index in [0.29, 0.717) is 44.1 Å². The van der Waals surface area contributed by atoms with Crippen LogP contribution >= 0.6 is 46.4 Å². The number of hydrogen-bond acceptors (Lipinski definition) is 3. The fraction of sp³-hybridized carbons (Fsp3) is 0.111. The van der Waals surface area contributed by atoms with Gasteiger partial charge in [0.2, 0.25) is 0 Å². The van der Waals surface area contributed by atoms with E-state index in [1.807, 2.05) is 0 Å². The van der Waals surface area contributed by atoms with Crippen molar-refractivity contribution < 1.29 is 14.3 Å². The van der Waals surface area contributed by atoms with Gasteiger partial charge in [-0.1, -0.05) is 46.4 Å². The van der Waals surface area contributed by atoms with Crippen LogP contribution in [0.3, 0.4) is 0 Å². The fourth-order valence-corrected chi connectivity index (χ4v) is 2.30. The number of ether oxygens (including phenoxy) is 1. The van der Waals surface area contributed by atoms with Crippen LogP contribution in [0.2, 0.25) is 20.1 Å². The van der Waals surface area contributed by atoms with Crippen molar-refractivity contribution in [2.24, 2.45) is 0 Å². The molecule has 2 aromatic rings. The van der Waals surface area contributed by atoms with Gasteiger partial charge in [-0.2, -0.15) is 0 Å². The second kappa shape index (κ2) is 11.2. The van der Waals surface area contributed by atoms with Crippen LogP contribution in [-0.4, -0.2) is 18.9 Å². The maximum Gasteiger partial charge on any atom is 0.330 e. The molecule has 0 aliphatic rings. The first-order chi connectivity index (χ1) is 11.9. The third-order valence-electron chi connectivity index (χ3n) is 2.73. The zero-order valence-electron chi connectivity index (χ0n) is 13.1. The second-order valence-electron chi connectivity index (χ2n) is 4.53. The molecule has 132 valence electrons. The van der Waals surface area contributed by atoms with E-state index < -0.39 is 5.97 Å². The van der Waals surface area contributed by atoms with Gasteiger partial charge in [0.05, 0.1) is 11.6 Å². The van der Waals surface area contributed by atoms with Gasteiger partial charge in [-0.15, -0.1) is 0 Å². The van der Waals surface area contributed by atoms with Crippen molar-refractivity contribution in [2.45, 2.75) is 6.92 Å². The summed E-state index contributed by atoms with van der Waals surface area (Å²) < 4.78 is 4.73. The van der Waals surface area contributed by atoms with Crippen LogP contribution in [0.1, 0.15) is 22.8 Å². The molecule has 0 saturated heterocycles. The molecule has 0 spiro atoms. The Morgan fingerprint density at radius 2 is 1.48 bits per heavy atom. The highest BCUT2D eigenvalue weighted by atomic mass is 35.5. The summed E-state index contributed by atoms with van der Waals surface area (Å²) in [6.07, 6.45) is 3.57. The third kappa shape index (κ3) is 7.93. The molecule has 0 bridgehead atoms. The highest BCUT2D eigenvalue weighted by Crippen LogP contribution is 2.21. The van der Waals surface area contributed by atoms with Crippen LogP contribution in [0.15, 0.2) is 42.5 Å². The Balaban J connectivity index is 0.000000271. The Bertz CT molecular complexity index is 773. The van der Waals surface area contributed by atoms with Gasteiger partial charge in [0.25, 0.3) is 0 Å². The molecule has 0 N–H and O–H groups in total. The number of benzene rings is 2. The largest absolute Gasteiger partial charge is 0.463 e. The van der Waals surface area contributed by atoms with Gasteiger partial charge in [0.1, 0.15) is 0 Å². The standard InChI is InChI=1S/C11H10Cl2O2.C7H4Cl2O/c1-2-15-11(14)6-3-8-7-9(12)4-5-10(8)13;8-6-1-2-7(9)5(3-6)4-10/h3-7H,2H2,1H3;1-4H. The second-order valence-corrected chi connectivity index (χ2v) is 6.22. The molecule has 0 heterocycles. The molecule has 0 aromatic heterocycles. The van der Waals surface area contributed by atoms with Crippen molar-refractivity contribution in [3.8, 4) is 0 Å². The minimum absolute atomic E-state index is 0.354. The Morgan fingerprint density at radius 1 is 0.960 bits per heavy atom. The van der Waals surface area contributed by atoms with Gasteiger partial charge in [-0.3, -0.25) is 4.79 Å². The molecule has 3 nitrogen and oxygen atoms in total. The van der Waals surface area contributed by atoms with E-state index in [0.717, 1.165) is 0 Å². The lowest BCUT2D eigenvalue weighted by atomic mass is 10.2. The topological polar surface area (TPSA) is 43.4 Å². The summed E-state index contributed by atoms with van der Waals surface area (Å²) in [6.45, 7) is 2.10. The molecule has 0 saturated carbocycles. The van der Waals surface area contributed by atoms with Crippen LogP contribution in [-0.2, 0) is 9.53 Å². The van der Waals surface area contributed by atoms with Crippen LogP contribution in [0.25, 0.3) is 6.08 Å². The molecule has 2 rings (SSSR count). The maximum atomic E-state index is 11.0. The molecule has 0 radical (unpaired) electrons. The van der Waals surface area contributed by atoms with E-state index in [1.165, 1.54) is 12.1 Å². The number of aldehydes is 1. The van der Waals surface area contributed by atoms with Crippen LogP contribution in [0.4, 0.5) is 0 Å². The molecule has 25 heavy (non-hydrogen) atoms. The quantitative estimate of drug-likeness (QED) is 0.328. The summed E-state index contributed by atoms with van der Waals surface area (Å²) in [5.41, 5.74) is 1.12. The Hall–Kier alpha value is -1.52. The normalized spacial score (nSPS) is 10.1. The molecule has 7 heteroatoms. The first kappa shape index (κ1) is 21.5. The van der Waals surface area contributed by atoms with Crippen molar-refractivity contribution in [3.63, 3.8) is 0 Å². The van der Waals surface area contributed by atoms with E-state index in [1.54, 1.807) is 43.3 Å². The van der Waals surface area contributed by atoms with Gasteiger partial charge in [-0.05, 0) is 55.0 Å². The summed E-state index contributed by atoms with van der Waals surface area (Å²) in [6, 6.07) is 9.79. The Morgan fingerprint density at radius 3 is 1.96 bits per heavy atom. The number of carbonyl (C=O) groups is 2. The molecule has 0 aliphatic carbocycles. The predicted octanol–water partition coefficient (Wildman–Crippen LogP) is 6.38. The lowest BCUT2D eigenvalue weighted by Gasteiger charge is -1.99. The minimum Gasteiger partial charge on any atom is -0.463 e. The molecular formula is C18H14Cl4O3. The smallest absolute Gasteiger partial charge is 0.330 e. The lowest BCUT2D eigenvalue weighted by Crippen LogP contribution is -1.98. The van der Waals surface area contributed by atoms with Gasteiger partial charge >= 0.3 is 5.97 Å². The molecule has 0 atom stereocenters. The summed E-state index contributed by atoms with van der Waals surface area (Å²) in [4.78, 5) is 21.3. The van der Waals surface area contributed by atoms with Crippen LogP contribution < -0.4 is 0 Å². The monoisotopic (exact) mass is 418 g/mol. The highest BCUT2D eigenvalue weighted by molar-refractivity contribution is 6.35. The number of carbonyl (C=O) groups excluding carboxylic acids is 2. The highest BCUT2D eigenvalue weighted by Gasteiger charge is 1.99. The first-order valence-electron chi connectivity index (χ1n) is 7.07. The van der Waals surface area contributed by atoms with E-state index in [2.05, 4.69) is 0 Å². The molecule has 0 aliphatic heterocycles. The fourth-order valence-electron chi connectivity index (χ4n) is 1.60. The predicted molar refractivity (Wildman–Crippen MR) is 104 cm³/mol. The van der Waals surface area contributed by atoms with E-state index in [9.17, 15) is 9.59 Å². The third-order valence-corrected chi connectivity index (χ3v) is 3.89. The average Bonchev–Trinajstić information content (AvgIpc) is 2.58. The summed E-state index contributed by atoms with van der Waals surface area (Å²) in [5, 5.41) is 2.06. The maximum absolute atomic E-state index is 11.0. The van der Waals surface area contributed by atoms with Crippen molar-refractivity contribution in [1.29, 1.82) is 0 Å². The van der Waals surface area contributed by atoms with Crippen molar-refractivity contribution in [3.05, 3.63) is 73.7 Å². The number of halogens is 4. The zero-order valence-corrected chi connectivity index (χ0v) is 16.2. The summed E-state index contributed by atoms with van der Waals surface area (Å²) in [5.74, 6) is -0.395. The summed E-state index contributed by atoms with van der Waals surface area (Å²) >= 11 is 22.9. The van der Waals surface area contributed by atoms with Crippen LogP contribution in [0.5, 0.6) is 0 Å². The minimum atomic E-state index is -0.395. The zero-order chi connectivity index (χ0) is 18.8. The lowest BCUT2D eigenvalue weighted by molar-refractivity contribution is -0.137. The number of hydrogen-bond donors (Lipinski definition) is 0. The average molecular weight is 420 g/mol.